The van der Waals surface area contributed by atoms with Crippen molar-refractivity contribution in [1.82, 2.24) is 4.90 Å². The fourth-order valence-electron chi connectivity index (χ4n) is 3.22. The van der Waals surface area contributed by atoms with E-state index in [4.69, 9.17) is 0 Å². The standard InChI is InChI=1S/C21H22F2N2O2/c1-13-3-4-16(11-14(13)2)21(27)25-9-7-15(8-10-25)20(26)24-17-5-6-18(22)19(23)12-17/h3-6,11-12,15H,7-10H2,1-2H3,(H,24,26). The average molecular weight is 372 g/mol. The van der Waals surface area contributed by atoms with Crippen LogP contribution in [0.25, 0.3) is 0 Å². The second-order valence-corrected chi connectivity index (χ2v) is 6.98. The van der Waals surface area contributed by atoms with Crippen LogP contribution in [0.2, 0.25) is 0 Å². The van der Waals surface area contributed by atoms with Gasteiger partial charge < -0.3 is 10.2 Å². The SMILES string of the molecule is Cc1ccc(C(=O)N2CCC(C(=O)Nc3ccc(F)c(F)c3)CC2)cc1C. The summed E-state index contributed by atoms with van der Waals surface area (Å²) in [5, 5.41) is 2.62. The van der Waals surface area contributed by atoms with Gasteiger partial charge in [0.1, 0.15) is 0 Å². The van der Waals surface area contributed by atoms with Gasteiger partial charge in [0.2, 0.25) is 5.91 Å². The molecule has 1 saturated heterocycles. The van der Waals surface area contributed by atoms with Crippen LogP contribution >= 0.6 is 0 Å². The van der Waals surface area contributed by atoms with Gasteiger partial charge in [0.25, 0.3) is 5.91 Å². The molecular weight excluding hydrogens is 350 g/mol. The molecule has 1 aliphatic rings. The summed E-state index contributed by atoms with van der Waals surface area (Å²) in [4.78, 5) is 26.8. The molecule has 2 aromatic rings. The molecule has 27 heavy (non-hydrogen) atoms. The molecule has 0 saturated carbocycles. The second kappa shape index (κ2) is 7.86. The third kappa shape index (κ3) is 4.32. The Morgan fingerprint density at radius 1 is 0.963 bits per heavy atom. The normalized spacial score (nSPS) is 14.9. The summed E-state index contributed by atoms with van der Waals surface area (Å²) in [6.45, 7) is 4.95. The summed E-state index contributed by atoms with van der Waals surface area (Å²) >= 11 is 0. The topological polar surface area (TPSA) is 49.4 Å². The fraction of sp³-hybridized carbons (Fsp3) is 0.333. The van der Waals surface area contributed by atoms with Crippen molar-refractivity contribution in [3.63, 3.8) is 0 Å². The van der Waals surface area contributed by atoms with Crippen LogP contribution in [0, 0.1) is 31.4 Å². The summed E-state index contributed by atoms with van der Waals surface area (Å²) in [5.41, 5.74) is 3.09. The van der Waals surface area contributed by atoms with E-state index in [2.05, 4.69) is 5.32 Å². The molecule has 0 aromatic heterocycles. The van der Waals surface area contributed by atoms with Crippen molar-refractivity contribution in [2.24, 2.45) is 5.92 Å². The van der Waals surface area contributed by atoms with Gasteiger partial charge in [-0.15, -0.1) is 0 Å². The Kier molecular flexibility index (Phi) is 5.54. The predicted octanol–water partition coefficient (Wildman–Crippen LogP) is 4.07. The number of hydrogen-bond acceptors (Lipinski definition) is 2. The zero-order chi connectivity index (χ0) is 19.6. The lowest BCUT2D eigenvalue weighted by Gasteiger charge is -2.31. The first kappa shape index (κ1) is 19.0. The minimum Gasteiger partial charge on any atom is -0.339 e. The average Bonchev–Trinajstić information content (AvgIpc) is 2.66. The van der Waals surface area contributed by atoms with Crippen LogP contribution in [0.15, 0.2) is 36.4 Å². The molecule has 6 heteroatoms. The van der Waals surface area contributed by atoms with Gasteiger partial charge in [0.15, 0.2) is 11.6 Å². The molecule has 1 heterocycles. The van der Waals surface area contributed by atoms with E-state index >= 15 is 0 Å². The Labute approximate surface area is 157 Å². The molecule has 2 aromatic carbocycles. The van der Waals surface area contributed by atoms with Gasteiger partial charge in [0, 0.05) is 36.3 Å². The Morgan fingerprint density at radius 3 is 2.30 bits per heavy atom. The predicted molar refractivity (Wildman–Crippen MR) is 99.5 cm³/mol. The molecule has 1 aliphatic heterocycles. The highest BCUT2D eigenvalue weighted by Crippen LogP contribution is 2.22. The number of likely N-dealkylation sites (tertiary alicyclic amines) is 1. The third-order valence-corrected chi connectivity index (χ3v) is 5.09. The van der Waals surface area contributed by atoms with Crippen molar-refractivity contribution in [2.45, 2.75) is 26.7 Å². The highest BCUT2D eigenvalue weighted by Gasteiger charge is 2.28. The molecule has 0 aliphatic carbocycles. The zero-order valence-electron chi connectivity index (χ0n) is 15.4. The number of halogens is 2. The molecule has 4 nitrogen and oxygen atoms in total. The van der Waals surface area contributed by atoms with Crippen molar-refractivity contribution < 1.29 is 18.4 Å². The number of amides is 2. The molecule has 0 spiro atoms. The third-order valence-electron chi connectivity index (χ3n) is 5.09. The fourth-order valence-corrected chi connectivity index (χ4v) is 3.22. The first-order chi connectivity index (χ1) is 12.8. The van der Waals surface area contributed by atoms with Crippen molar-refractivity contribution in [3.05, 3.63) is 64.7 Å². The number of nitrogens with zero attached hydrogens (tertiary/aromatic N) is 1. The lowest BCUT2D eigenvalue weighted by molar-refractivity contribution is -0.121. The molecule has 0 radical (unpaired) electrons. The highest BCUT2D eigenvalue weighted by atomic mass is 19.2. The van der Waals surface area contributed by atoms with Gasteiger partial charge in [-0.2, -0.15) is 0 Å². The van der Waals surface area contributed by atoms with Gasteiger partial charge in [-0.3, -0.25) is 9.59 Å². The van der Waals surface area contributed by atoms with Crippen molar-refractivity contribution >= 4 is 17.5 Å². The Bertz CT molecular complexity index is 874. The molecule has 2 amide bonds. The molecular formula is C21H22F2N2O2. The van der Waals surface area contributed by atoms with Crippen molar-refractivity contribution in [3.8, 4) is 0 Å². The van der Waals surface area contributed by atoms with Crippen molar-refractivity contribution in [2.75, 3.05) is 18.4 Å². The molecule has 0 bridgehead atoms. The zero-order valence-corrected chi connectivity index (χ0v) is 15.4. The number of rotatable bonds is 3. The van der Waals surface area contributed by atoms with Gasteiger partial charge in [-0.1, -0.05) is 6.07 Å². The Balaban J connectivity index is 1.57. The number of nitrogens with one attached hydrogen (secondary N) is 1. The lowest BCUT2D eigenvalue weighted by atomic mass is 9.95. The van der Waals surface area contributed by atoms with Gasteiger partial charge in [-0.25, -0.2) is 8.78 Å². The Hall–Kier alpha value is -2.76. The van der Waals surface area contributed by atoms with E-state index in [1.807, 2.05) is 32.0 Å². The minimum atomic E-state index is -0.999. The number of carbonyl (C=O) groups is 2. The smallest absolute Gasteiger partial charge is 0.253 e. The van der Waals surface area contributed by atoms with Crippen LogP contribution in [0.1, 0.15) is 34.3 Å². The summed E-state index contributed by atoms with van der Waals surface area (Å²) in [5.74, 6) is -2.48. The molecule has 0 atom stereocenters. The van der Waals surface area contributed by atoms with E-state index < -0.39 is 11.6 Å². The number of benzene rings is 2. The Morgan fingerprint density at radius 2 is 1.67 bits per heavy atom. The maximum Gasteiger partial charge on any atom is 0.253 e. The quantitative estimate of drug-likeness (QED) is 0.883. The maximum absolute atomic E-state index is 13.3. The largest absolute Gasteiger partial charge is 0.339 e. The van der Waals surface area contributed by atoms with Crippen LogP contribution in [0.4, 0.5) is 14.5 Å². The number of carbonyl (C=O) groups excluding carboxylic acids is 2. The first-order valence-electron chi connectivity index (χ1n) is 8.97. The van der Waals surface area contributed by atoms with Crippen LogP contribution < -0.4 is 5.32 Å². The van der Waals surface area contributed by atoms with E-state index in [1.165, 1.54) is 6.07 Å². The molecule has 0 unspecified atom stereocenters. The summed E-state index contributed by atoms with van der Waals surface area (Å²) in [6, 6.07) is 8.92. The van der Waals surface area contributed by atoms with Crippen molar-refractivity contribution in [1.29, 1.82) is 0 Å². The second-order valence-electron chi connectivity index (χ2n) is 6.98. The van der Waals surface area contributed by atoms with E-state index in [-0.39, 0.29) is 23.4 Å². The van der Waals surface area contributed by atoms with E-state index in [1.54, 1.807) is 4.90 Å². The monoisotopic (exact) mass is 372 g/mol. The van der Waals surface area contributed by atoms with E-state index in [9.17, 15) is 18.4 Å². The molecule has 1 fully saturated rings. The summed E-state index contributed by atoms with van der Waals surface area (Å²) in [7, 11) is 0. The van der Waals surface area contributed by atoms with E-state index in [0.29, 0.717) is 31.5 Å². The number of anilines is 1. The maximum atomic E-state index is 13.3. The van der Waals surface area contributed by atoms with E-state index in [0.717, 1.165) is 23.3 Å². The molecule has 142 valence electrons. The number of piperidine rings is 1. The molecule has 3 rings (SSSR count). The first-order valence-corrected chi connectivity index (χ1v) is 8.97. The lowest BCUT2D eigenvalue weighted by Crippen LogP contribution is -2.41. The highest BCUT2D eigenvalue weighted by molar-refractivity contribution is 5.95. The summed E-state index contributed by atoms with van der Waals surface area (Å²) in [6.07, 6.45) is 1.07. The number of aryl methyl sites for hydroxylation is 2. The molecule has 1 N–H and O–H groups in total. The summed E-state index contributed by atoms with van der Waals surface area (Å²) < 4.78 is 26.2. The minimum absolute atomic E-state index is 0.0300. The van der Waals surface area contributed by atoms with Gasteiger partial charge >= 0.3 is 0 Å². The van der Waals surface area contributed by atoms with Crippen LogP contribution in [0.3, 0.4) is 0 Å². The van der Waals surface area contributed by atoms with Gasteiger partial charge in [0.05, 0.1) is 0 Å². The van der Waals surface area contributed by atoms with Crippen LogP contribution in [-0.4, -0.2) is 29.8 Å². The van der Waals surface area contributed by atoms with Gasteiger partial charge in [-0.05, 0) is 62.1 Å². The van der Waals surface area contributed by atoms with Crippen LogP contribution in [0.5, 0.6) is 0 Å². The van der Waals surface area contributed by atoms with Crippen LogP contribution in [-0.2, 0) is 4.79 Å². The number of hydrogen-bond donors (Lipinski definition) is 1.